The number of ether oxygens (including phenoxy) is 2. The molecule has 0 heterocycles. The van der Waals surface area contributed by atoms with Crippen molar-refractivity contribution in [1.82, 2.24) is 10.6 Å². The van der Waals surface area contributed by atoms with Crippen molar-refractivity contribution in [1.29, 1.82) is 0 Å². The van der Waals surface area contributed by atoms with Crippen LogP contribution < -0.4 is 10.6 Å². The molecule has 1 fully saturated rings. The normalized spacial score (nSPS) is 21.5. The van der Waals surface area contributed by atoms with E-state index in [0.717, 1.165) is 12.8 Å². The summed E-state index contributed by atoms with van der Waals surface area (Å²) < 4.78 is 10.4. The lowest BCUT2D eigenvalue weighted by Crippen LogP contribution is -2.51. The molecule has 0 aliphatic heterocycles. The van der Waals surface area contributed by atoms with Crippen molar-refractivity contribution in [2.24, 2.45) is 0 Å². The van der Waals surface area contributed by atoms with Gasteiger partial charge in [-0.25, -0.2) is 4.79 Å². The Bertz CT molecular complexity index is 292. The number of aliphatic carboxylic acids is 1. The fourth-order valence-corrected chi connectivity index (χ4v) is 1.79. The number of hydrogen-bond donors (Lipinski definition) is 3. The molecule has 19 heavy (non-hydrogen) atoms. The fourth-order valence-electron chi connectivity index (χ4n) is 1.79. The molecule has 0 bridgehead atoms. The topological polar surface area (TPSA) is 96.9 Å². The zero-order valence-electron chi connectivity index (χ0n) is 11.2. The summed E-state index contributed by atoms with van der Waals surface area (Å²) in [6.07, 6.45) is 1.97. The lowest BCUT2D eigenvalue weighted by molar-refractivity contribution is -0.138. The SMILES string of the molecule is CCOC1CC(NC(=O)NCCOCCC(=O)O)C1. The van der Waals surface area contributed by atoms with E-state index in [-0.39, 0.29) is 31.2 Å². The molecule has 0 unspecified atom stereocenters. The molecular weight excluding hydrogens is 252 g/mol. The van der Waals surface area contributed by atoms with Crippen LogP contribution in [0.4, 0.5) is 4.79 Å². The van der Waals surface area contributed by atoms with Crippen LogP contribution >= 0.6 is 0 Å². The Morgan fingerprint density at radius 3 is 2.68 bits per heavy atom. The predicted molar refractivity (Wildman–Crippen MR) is 68.0 cm³/mol. The number of carboxylic acids is 1. The van der Waals surface area contributed by atoms with Crippen molar-refractivity contribution >= 4 is 12.0 Å². The van der Waals surface area contributed by atoms with Crippen LogP contribution in [0.25, 0.3) is 0 Å². The van der Waals surface area contributed by atoms with Crippen LogP contribution in [0.2, 0.25) is 0 Å². The summed E-state index contributed by atoms with van der Waals surface area (Å²) in [5.41, 5.74) is 0. The maximum Gasteiger partial charge on any atom is 0.315 e. The lowest BCUT2D eigenvalue weighted by Gasteiger charge is -2.35. The van der Waals surface area contributed by atoms with E-state index in [1.54, 1.807) is 0 Å². The molecule has 0 radical (unpaired) electrons. The van der Waals surface area contributed by atoms with Crippen molar-refractivity contribution in [3.8, 4) is 0 Å². The highest BCUT2D eigenvalue weighted by Gasteiger charge is 2.30. The standard InChI is InChI=1S/C12H22N2O5/c1-2-19-10-7-9(8-10)14-12(17)13-4-6-18-5-3-11(15)16/h9-10H,2-8H2,1H3,(H,15,16)(H2,13,14,17). The molecule has 1 saturated carbocycles. The first-order valence-corrected chi connectivity index (χ1v) is 6.57. The third kappa shape index (κ3) is 6.97. The Hall–Kier alpha value is -1.34. The van der Waals surface area contributed by atoms with E-state index in [4.69, 9.17) is 14.6 Å². The molecule has 7 heteroatoms. The van der Waals surface area contributed by atoms with E-state index in [1.165, 1.54) is 0 Å². The van der Waals surface area contributed by atoms with Gasteiger partial charge in [0, 0.05) is 19.2 Å². The number of hydrogen-bond acceptors (Lipinski definition) is 4. The van der Waals surface area contributed by atoms with Gasteiger partial charge >= 0.3 is 12.0 Å². The number of nitrogens with one attached hydrogen (secondary N) is 2. The molecule has 110 valence electrons. The van der Waals surface area contributed by atoms with Crippen LogP contribution in [0.1, 0.15) is 26.2 Å². The van der Waals surface area contributed by atoms with Crippen LogP contribution in [0.5, 0.6) is 0 Å². The number of rotatable bonds is 9. The Labute approximate surface area is 112 Å². The smallest absolute Gasteiger partial charge is 0.315 e. The van der Waals surface area contributed by atoms with Crippen LogP contribution in [-0.2, 0) is 14.3 Å². The molecule has 0 aromatic rings. The van der Waals surface area contributed by atoms with Crippen molar-refractivity contribution in [2.45, 2.75) is 38.3 Å². The van der Waals surface area contributed by atoms with E-state index in [9.17, 15) is 9.59 Å². The zero-order chi connectivity index (χ0) is 14.1. The first-order chi connectivity index (χ1) is 9.11. The van der Waals surface area contributed by atoms with E-state index < -0.39 is 5.97 Å². The molecule has 0 spiro atoms. The second kappa shape index (κ2) is 8.71. The summed E-state index contributed by atoms with van der Waals surface area (Å²) in [5, 5.41) is 13.9. The number of carbonyl (C=O) groups excluding carboxylic acids is 1. The zero-order valence-corrected chi connectivity index (χ0v) is 11.2. The number of urea groups is 1. The molecule has 0 aromatic carbocycles. The highest BCUT2D eigenvalue weighted by Crippen LogP contribution is 2.22. The molecule has 0 atom stereocenters. The summed E-state index contributed by atoms with van der Waals surface area (Å²) in [7, 11) is 0. The Morgan fingerprint density at radius 1 is 1.32 bits per heavy atom. The van der Waals surface area contributed by atoms with Gasteiger partial charge in [-0.1, -0.05) is 0 Å². The number of amides is 2. The molecule has 1 aliphatic rings. The molecule has 0 aromatic heterocycles. The summed E-state index contributed by atoms with van der Waals surface area (Å²) in [4.78, 5) is 21.6. The van der Waals surface area contributed by atoms with Gasteiger partial charge < -0.3 is 25.2 Å². The third-order valence-electron chi connectivity index (χ3n) is 2.82. The van der Waals surface area contributed by atoms with Gasteiger partial charge in [0.2, 0.25) is 0 Å². The molecule has 2 amide bonds. The van der Waals surface area contributed by atoms with Crippen LogP contribution in [-0.4, -0.2) is 55.6 Å². The van der Waals surface area contributed by atoms with Crippen LogP contribution in [0, 0.1) is 0 Å². The largest absolute Gasteiger partial charge is 0.481 e. The Balaban J connectivity index is 1.90. The molecule has 0 saturated heterocycles. The van der Waals surface area contributed by atoms with Gasteiger partial charge in [0.15, 0.2) is 0 Å². The molecule has 1 aliphatic carbocycles. The van der Waals surface area contributed by atoms with Gasteiger partial charge in [-0.3, -0.25) is 4.79 Å². The first-order valence-electron chi connectivity index (χ1n) is 6.57. The molecule has 7 nitrogen and oxygen atoms in total. The lowest BCUT2D eigenvalue weighted by atomic mass is 9.89. The van der Waals surface area contributed by atoms with E-state index in [1.807, 2.05) is 6.92 Å². The van der Waals surface area contributed by atoms with E-state index >= 15 is 0 Å². The first kappa shape index (κ1) is 15.7. The minimum atomic E-state index is -0.889. The molecule has 1 rings (SSSR count). The van der Waals surface area contributed by atoms with Crippen molar-refractivity contribution in [2.75, 3.05) is 26.4 Å². The highest BCUT2D eigenvalue weighted by molar-refractivity contribution is 5.74. The minimum Gasteiger partial charge on any atom is -0.481 e. The van der Waals surface area contributed by atoms with Crippen molar-refractivity contribution < 1.29 is 24.2 Å². The highest BCUT2D eigenvalue weighted by atomic mass is 16.5. The Morgan fingerprint density at radius 2 is 2.05 bits per heavy atom. The van der Waals surface area contributed by atoms with Gasteiger partial charge in [0.25, 0.3) is 0 Å². The summed E-state index contributed by atoms with van der Waals surface area (Å²) in [6, 6.07) is -0.0359. The van der Waals surface area contributed by atoms with Crippen molar-refractivity contribution in [3.63, 3.8) is 0 Å². The van der Waals surface area contributed by atoms with E-state index in [0.29, 0.717) is 19.8 Å². The average molecular weight is 274 g/mol. The minimum absolute atomic E-state index is 0.0207. The third-order valence-corrected chi connectivity index (χ3v) is 2.82. The summed E-state index contributed by atoms with van der Waals surface area (Å²) in [6.45, 7) is 3.51. The molecular formula is C12H22N2O5. The van der Waals surface area contributed by atoms with Gasteiger partial charge in [-0.15, -0.1) is 0 Å². The number of carboxylic acid groups (broad SMARTS) is 1. The number of carbonyl (C=O) groups is 2. The maximum absolute atomic E-state index is 11.4. The molecule has 3 N–H and O–H groups in total. The van der Waals surface area contributed by atoms with Gasteiger partial charge in [-0.05, 0) is 19.8 Å². The summed E-state index contributed by atoms with van der Waals surface area (Å²) >= 11 is 0. The average Bonchev–Trinajstić information content (AvgIpc) is 2.30. The van der Waals surface area contributed by atoms with Crippen LogP contribution in [0.15, 0.2) is 0 Å². The van der Waals surface area contributed by atoms with Crippen molar-refractivity contribution in [3.05, 3.63) is 0 Å². The van der Waals surface area contributed by atoms with Gasteiger partial charge in [0.05, 0.1) is 25.7 Å². The van der Waals surface area contributed by atoms with Crippen LogP contribution in [0.3, 0.4) is 0 Å². The second-order valence-electron chi connectivity index (χ2n) is 4.40. The van der Waals surface area contributed by atoms with Gasteiger partial charge in [-0.2, -0.15) is 0 Å². The summed E-state index contributed by atoms with van der Waals surface area (Å²) in [5.74, 6) is -0.889. The second-order valence-corrected chi connectivity index (χ2v) is 4.40. The fraction of sp³-hybridized carbons (Fsp3) is 0.833. The maximum atomic E-state index is 11.4. The quantitative estimate of drug-likeness (QED) is 0.527. The monoisotopic (exact) mass is 274 g/mol. The predicted octanol–water partition coefficient (Wildman–Crippen LogP) is 0.344. The van der Waals surface area contributed by atoms with Gasteiger partial charge in [0.1, 0.15) is 0 Å². The van der Waals surface area contributed by atoms with E-state index in [2.05, 4.69) is 10.6 Å². The Kier molecular flexibility index (Phi) is 7.20.